The molecule has 1 aromatic carbocycles. The second kappa shape index (κ2) is 6.50. The largest absolute Gasteiger partial charge is 0.481 e. The molecule has 3 nitrogen and oxygen atoms in total. The number of benzene rings is 1. The third kappa shape index (κ3) is 4.65. The van der Waals surface area contributed by atoms with Crippen molar-refractivity contribution >= 4 is 17.5 Å². The van der Waals surface area contributed by atoms with Gasteiger partial charge >= 0.3 is 0 Å². The van der Waals surface area contributed by atoms with Crippen molar-refractivity contribution in [2.45, 2.75) is 39.3 Å². The molecule has 0 aliphatic heterocycles. The minimum atomic E-state index is -0.509. The van der Waals surface area contributed by atoms with Crippen LogP contribution in [0.5, 0.6) is 5.75 Å². The van der Waals surface area contributed by atoms with E-state index >= 15 is 0 Å². The van der Waals surface area contributed by atoms with Gasteiger partial charge in [-0.1, -0.05) is 18.5 Å². The average molecular weight is 256 g/mol. The zero-order valence-electron chi connectivity index (χ0n) is 10.4. The van der Waals surface area contributed by atoms with Gasteiger partial charge in [-0.05, 0) is 44.5 Å². The van der Waals surface area contributed by atoms with Crippen molar-refractivity contribution in [2.75, 3.05) is 0 Å². The second-order valence-electron chi connectivity index (χ2n) is 4.03. The Kier molecular flexibility index (Phi) is 5.29. The molecule has 0 fully saturated rings. The van der Waals surface area contributed by atoms with Crippen LogP contribution in [0.25, 0.3) is 0 Å². The summed E-state index contributed by atoms with van der Waals surface area (Å²) in [7, 11) is 0. The number of hydrogen-bond donors (Lipinski definition) is 1. The van der Waals surface area contributed by atoms with E-state index in [-0.39, 0.29) is 11.9 Å². The molecule has 0 aromatic heterocycles. The number of ether oxygens (including phenoxy) is 1. The number of hydrogen-bond acceptors (Lipinski definition) is 2. The van der Waals surface area contributed by atoms with E-state index in [0.717, 1.165) is 6.42 Å². The Balaban J connectivity index is 2.51. The molecule has 0 saturated carbocycles. The molecule has 0 spiro atoms. The number of amides is 1. The lowest BCUT2D eigenvalue weighted by molar-refractivity contribution is -0.127. The number of carbonyl (C=O) groups excluding carboxylic acids is 1. The lowest BCUT2D eigenvalue weighted by Crippen LogP contribution is -2.40. The fraction of sp³-hybridized carbons (Fsp3) is 0.462. The molecule has 1 rings (SSSR count). The highest BCUT2D eigenvalue weighted by atomic mass is 35.5. The van der Waals surface area contributed by atoms with Crippen LogP contribution < -0.4 is 10.1 Å². The van der Waals surface area contributed by atoms with Crippen LogP contribution in [-0.4, -0.2) is 18.1 Å². The normalized spacial score (nSPS) is 13.9. The van der Waals surface area contributed by atoms with Crippen molar-refractivity contribution in [3.8, 4) is 5.75 Å². The first-order chi connectivity index (χ1) is 8.02. The molecule has 0 radical (unpaired) electrons. The van der Waals surface area contributed by atoms with E-state index in [9.17, 15) is 4.79 Å². The quantitative estimate of drug-likeness (QED) is 0.878. The molecular formula is C13H18ClNO2. The lowest BCUT2D eigenvalue weighted by atomic mass is 10.2. The van der Waals surface area contributed by atoms with E-state index in [1.54, 1.807) is 31.2 Å². The van der Waals surface area contributed by atoms with Gasteiger partial charge in [0.15, 0.2) is 6.10 Å². The molecule has 1 aromatic rings. The maximum Gasteiger partial charge on any atom is 0.260 e. The van der Waals surface area contributed by atoms with Crippen molar-refractivity contribution < 1.29 is 9.53 Å². The summed E-state index contributed by atoms with van der Waals surface area (Å²) in [5.41, 5.74) is 0. The highest BCUT2D eigenvalue weighted by Crippen LogP contribution is 2.16. The highest BCUT2D eigenvalue weighted by Gasteiger charge is 2.15. The zero-order chi connectivity index (χ0) is 12.8. The molecule has 2 atom stereocenters. The summed E-state index contributed by atoms with van der Waals surface area (Å²) in [4.78, 5) is 11.7. The predicted octanol–water partition coefficient (Wildman–Crippen LogP) is 3.02. The SMILES string of the molecule is CC[C@@H](C)NC(=O)[C@H](C)Oc1ccc(Cl)cc1. The fourth-order valence-corrected chi connectivity index (χ4v) is 1.36. The van der Waals surface area contributed by atoms with Crippen molar-refractivity contribution in [1.82, 2.24) is 5.32 Å². The summed E-state index contributed by atoms with van der Waals surface area (Å²) in [5.74, 6) is 0.538. The first-order valence-corrected chi connectivity index (χ1v) is 6.13. The van der Waals surface area contributed by atoms with Crippen LogP contribution in [0.4, 0.5) is 0 Å². The molecule has 0 bridgehead atoms. The molecule has 0 heterocycles. The van der Waals surface area contributed by atoms with Gasteiger partial charge in [-0.2, -0.15) is 0 Å². The average Bonchev–Trinajstić information content (AvgIpc) is 2.31. The molecule has 4 heteroatoms. The summed E-state index contributed by atoms with van der Waals surface area (Å²) < 4.78 is 5.51. The number of rotatable bonds is 5. The maximum absolute atomic E-state index is 11.7. The van der Waals surface area contributed by atoms with Gasteiger partial charge in [-0.15, -0.1) is 0 Å². The van der Waals surface area contributed by atoms with Crippen LogP contribution in [0.2, 0.25) is 5.02 Å². The van der Waals surface area contributed by atoms with Crippen LogP contribution >= 0.6 is 11.6 Å². The molecule has 0 aliphatic carbocycles. The van der Waals surface area contributed by atoms with E-state index in [2.05, 4.69) is 5.32 Å². The van der Waals surface area contributed by atoms with Gasteiger partial charge < -0.3 is 10.1 Å². The number of halogens is 1. The van der Waals surface area contributed by atoms with E-state index in [4.69, 9.17) is 16.3 Å². The monoisotopic (exact) mass is 255 g/mol. The summed E-state index contributed by atoms with van der Waals surface area (Å²) in [6.07, 6.45) is 0.393. The molecule has 1 N–H and O–H groups in total. The summed E-state index contributed by atoms with van der Waals surface area (Å²) in [6, 6.07) is 7.12. The number of nitrogens with one attached hydrogen (secondary N) is 1. The van der Waals surface area contributed by atoms with E-state index in [1.165, 1.54) is 0 Å². The Morgan fingerprint density at radius 3 is 2.47 bits per heavy atom. The lowest BCUT2D eigenvalue weighted by Gasteiger charge is -2.17. The van der Waals surface area contributed by atoms with E-state index in [0.29, 0.717) is 10.8 Å². The molecule has 0 unspecified atom stereocenters. The molecule has 0 aliphatic rings. The molecule has 94 valence electrons. The van der Waals surface area contributed by atoms with Crippen LogP contribution in [-0.2, 0) is 4.79 Å². The smallest absolute Gasteiger partial charge is 0.260 e. The Morgan fingerprint density at radius 2 is 1.94 bits per heavy atom. The zero-order valence-corrected chi connectivity index (χ0v) is 11.1. The first kappa shape index (κ1) is 13.8. The maximum atomic E-state index is 11.7. The van der Waals surface area contributed by atoms with Crippen LogP contribution in [0.3, 0.4) is 0 Å². The van der Waals surface area contributed by atoms with Gasteiger partial charge in [0.05, 0.1) is 0 Å². The van der Waals surface area contributed by atoms with Crippen LogP contribution in [0.1, 0.15) is 27.2 Å². The standard InChI is InChI=1S/C13H18ClNO2/c1-4-9(2)15-13(16)10(3)17-12-7-5-11(14)6-8-12/h5-10H,4H2,1-3H3,(H,15,16)/t9-,10+/m1/s1. The Bertz CT molecular complexity index is 364. The van der Waals surface area contributed by atoms with Gasteiger partial charge in [0, 0.05) is 11.1 Å². The summed E-state index contributed by atoms with van der Waals surface area (Å²) in [5, 5.41) is 3.52. The minimum Gasteiger partial charge on any atom is -0.481 e. The molecule has 1 amide bonds. The van der Waals surface area contributed by atoms with Gasteiger partial charge in [-0.25, -0.2) is 0 Å². The van der Waals surface area contributed by atoms with Crippen molar-refractivity contribution in [1.29, 1.82) is 0 Å². The van der Waals surface area contributed by atoms with Gasteiger partial charge in [-0.3, -0.25) is 4.79 Å². The molecule has 0 saturated heterocycles. The van der Waals surface area contributed by atoms with Gasteiger partial charge in [0.1, 0.15) is 5.75 Å². The Labute approximate surface area is 107 Å². The third-order valence-electron chi connectivity index (χ3n) is 2.50. The van der Waals surface area contributed by atoms with E-state index in [1.807, 2.05) is 13.8 Å². The first-order valence-electron chi connectivity index (χ1n) is 5.75. The van der Waals surface area contributed by atoms with Gasteiger partial charge in [0.2, 0.25) is 0 Å². The van der Waals surface area contributed by atoms with E-state index < -0.39 is 6.10 Å². The Hall–Kier alpha value is -1.22. The fourth-order valence-electron chi connectivity index (χ4n) is 1.23. The summed E-state index contributed by atoms with van der Waals surface area (Å²) >= 11 is 5.76. The minimum absolute atomic E-state index is 0.102. The summed E-state index contributed by atoms with van der Waals surface area (Å²) in [6.45, 7) is 5.72. The number of carbonyl (C=O) groups is 1. The Morgan fingerprint density at radius 1 is 1.35 bits per heavy atom. The predicted molar refractivity (Wildman–Crippen MR) is 69.4 cm³/mol. The van der Waals surface area contributed by atoms with Crippen molar-refractivity contribution in [3.05, 3.63) is 29.3 Å². The third-order valence-corrected chi connectivity index (χ3v) is 2.75. The van der Waals surface area contributed by atoms with Crippen LogP contribution in [0.15, 0.2) is 24.3 Å². The topological polar surface area (TPSA) is 38.3 Å². The highest BCUT2D eigenvalue weighted by molar-refractivity contribution is 6.30. The van der Waals surface area contributed by atoms with Crippen molar-refractivity contribution in [2.24, 2.45) is 0 Å². The van der Waals surface area contributed by atoms with Crippen molar-refractivity contribution in [3.63, 3.8) is 0 Å². The molecule has 17 heavy (non-hydrogen) atoms. The molecular weight excluding hydrogens is 238 g/mol. The van der Waals surface area contributed by atoms with Crippen LogP contribution in [0, 0.1) is 0 Å². The second-order valence-corrected chi connectivity index (χ2v) is 4.47. The van der Waals surface area contributed by atoms with Gasteiger partial charge in [0.25, 0.3) is 5.91 Å².